The normalized spacial score (nSPS) is 10.9. The number of benzene rings is 8. The fraction of sp³-hybridized carbons (Fsp3) is 0. The number of anilines is 3. The van der Waals surface area contributed by atoms with Gasteiger partial charge < -0.3 is 9.47 Å². The SMILES string of the molecule is [C-]#[N+]c1cc(-c2cc(-c3ccccc3[N+]#[C-])nc(-c3ccccc3[N+]#[C-])n2)ccc1-c1ccc(-n2c3ccccc3c3cc(N(c4ccccc4)c4ccccc4)ccc32)cc1. The molecule has 0 saturated carbocycles. The fourth-order valence-corrected chi connectivity index (χ4v) is 8.20. The zero-order valence-electron chi connectivity index (χ0n) is 33.2. The van der Waals surface area contributed by atoms with Gasteiger partial charge >= 0.3 is 0 Å². The average molecular weight is 792 g/mol. The second-order valence-corrected chi connectivity index (χ2v) is 14.7. The molecule has 0 amide bonds. The lowest BCUT2D eigenvalue weighted by Crippen LogP contribution is -2.09. The van der Waals surface area contributed by atoms with Crippen LogP contribution < -0.4 is 4.90 Å². The Morgan fingerprint density at radius 2 is 0.952 bits per heavy atom. The minimum Gasteiger partial charge on any atom is -0.310 e. The number of rotatable bonds is 8. The van der Waals surface area contributed by atoms with Gasteiger partial charge in [0.2, 0.25) is 0 Å². The topological polar surface area (TPSA) is 47.0 Å². The Hall–Kier alpha value is -9.09. The molecule has 8 aromatic carbocycles. The van der Waals surface area contributed by atoms with Gasteiger partial charge in [0.05, 0.1) is 42.1 Å². The first kappa shape index (κ1) is 37.2. The highest BCUT2D eigenvalue weighted by Gasteiger charge is 2.19. The van der Waals surface area contributed by atoms with Crippen LogP contribution in [-0.4, -0.2) is 14.5 Å². The van der Waals surface area contributed by atoms with Gasteiger partial charge in [-0.25, -0.2) is 24.5 Å². The lowest BCUT2D eigenvalue weighted by atomic mass is 9.99. The molecule has 0 saturated heterocycles. The van der Waals surface area contributed by atoms with Crippen molar-refractivity contribution in [3.05, 3.63) is 234 Å². The molecule has 0 aliphatic carbocycles. The Morgan fingerprint density at radius 1 is 0.387 bits per heavy atom. The summed E-state index contributed by atoms with van der Waals surface area (Å²) in [6, 6.07) is 66.6. The maximum Gasteiger partial charge on any atom is 0.198 e. The molecular formula is C55H33N7. The van der Waals surface area contributed by atoms with Gasteiger partial charge in [-0.05, 0) is 89.5 Å². The van der Waals surface area contributed by atoms with Gasteiger partial charge in [0.15, 0.2) is 17.1 Å². The first-order chi connectivity index (χ1) is 30.6. The standard InChI is InChI=1S/C55H33N7/c1-56-48-23-13-10-21-45(48)52-36-50(59-55(60-52)46-22-11-14-24-49(46)57-2)38-28-32-43(51(34-38)58-3)37-26-29-41(30-27-37)62-53-25-15-12-20-44(53)47-35-42(31-33-54(47)62)61(39-16-6-4-7-17-39)40-18-8-5-9-19-40/h4-36H. The molecule has 10 aromatic rings. The molecule has 2 heterocycles. The van der Waals surface area contributed by atoms with Crippen molar-refractivity contribution >= 4 is 55.9 Å². The highest BCUT2D eigenvalue weighted by Crippen LogP contribution is 2.42. The Kier molecular flexibility index (Phi) is 9.56. The molecule has 7 heteroatoms. The smallest absolute Gasteiger partial charge is 0.198 e. The summed E-state index contributed by atoms with van der Waals surface area (Å²) in [6.07, 6.45) is 0. The Bertz CT molecular complexity index is 3330. The highest BCUT2D eigenvalue weighted by atomic mass is 15.1. The lowest BCUT2D eigenvalue weighted by Gasteiger charge is -2.25. The van der Waals surface area contributed by atoms with Crippen molar-refractivity contribution in [3.63, 3.8) is 0 Å². The molecule has 2 aromatic heterocycles. The van der Waals surface area contributed by atoms with Crippen molar-refractivity contribution < 1.29 is 0 Å². The largest absolute Gasteiger partial charge is 0.310 e. The van der Waals surface area contributed by atoms with E-state index in [4.69, 9.17) is 29.7 Å². The second kappa shape index (κ2) is 15.9. The van der Waals surface area contributed by atoms with Crippen LogP contribution in [0, 0.1) is 19.7 Å². The van der Waals surface area contributed by atoms with Crippen LogP contribution in [-0.2, 0) is 0 Å². The van der Waals surface area contributed by atoms with Crippen LogP contribution in [0.3, 0.4) is 0 Å². The molecule has 10 rings (SSSR count). The van der Waals surface area contributed by atoms with Crippen molar-refractivity contribution in [1.29, 1.82) is 0 Å². The van der Waals surface area contributed by atoms with Crippen LogP contribution in [0.2, 0.25) is 0 Å². The lowest BCUT2D eigenvalue weighted by molar-refractivity contribution is 1.18. The predicted molar refractivity (Wildman–Crippen MR) is 252 cm³/mol. The third-order valence-electron chi connectivity index (χ3n) is 11.1. The van der Waals surface area contributed by atoms with Crippen LogP contribution in [0.25, 0.3) is 87.1 Å². The number of hydrogen-bond donors (Lipinski definition) is 0. The number of para-hydroxylation sites is 5. The van der Waals surface area contributed by atoms with E-state index in [1.165, 1.54) is 0 Å². The third kappa shape index (κ3) is 6.67. The minimum atomic E-state index is 0.374. The van der Waals surface area contributed by atoms with Crippen molar-refractivity contribution in [2.24, 2.45) is 0 Å². The summed E-state index contributed by atoms with van der Waals surface area (Å²) in [5.41, 5.74) is 12.7. The molecule has 0 atom stereocenters. The number of aromatic nitrogens is 3. The zero-order chi connectivity index (χ0) is 42.0. The van der Waals surface area contributed by atoms with E-state index in [1.807, 2.05) is 72.8 Å². The van der Waals surface area contributed by atoms with Crippen molar-refractivity contribution in [2.45, 2.75) is 0 Å². The monoisotopic (exact) mass is 791 g/mol. The van der Waals surface area contributed by atoms with Gasteiger partial charge in [0, 0.05) is 44.6 Å². The molecule has 62 heavy (non-hydrogen) atoms. The van der Waals surface area contributed by atoms with Crippen LogP contribution in [0.1, 0.15) is 0 Å². The van der Waals surface area contributed by atoms with Crippen LogP contribution in [0.5, 0.6) is 0 Å². The first-order valence-electron chi connectivity index (χ1n) is 20.0. The molecule has 288 valence electrons. The van der Waals surface area contributed by atoms with E-state index in [2.05, 4.69) is 139 Å². The van der Waals surface area contributed by atoms with Crippen LogP contribution >= 0.6 is 0 Å². The fourth-order valence-electron chi connectivity index (χ4n) is 8.20. The maximum atomic E-state index is 8.26. The molecule has 0 fully saturated rings. The summed E-state index contributed by atoms with van der Waals surface area (Å²) in [4.78, 5) is 23.5. The zero-order valence-corrected chi connectivity index (χ0v) is 33.2. The van der Waals surface area contributed by atoms with Crippen molar-refractivity contribution in [1.82, 2.24) is 14.5 Å². The molecular weight excluding hydrogens is 759 g/mol. The summed E-state index contributed by atoms with van der Waals surface area (Å²) in [5.74, 6) is 0.374. The molecule has 7 nitrogen and oxygen atoms in total. The molecule has 0 radical (unpaired) electrons. The van der Waals surface area contributed by atoms with Gasteiger partial charge in [0.25, 0.3) is 0 Å². The van der Waals surface area contributed by atoms with Crippen molar-refractivity contribution in [2.75, 3.05) is 4.90 Å². The van der Waals surface area contributed by atoms with E-state index in [0.717, 1.165) is 61.2 Å². The summed E-state index contributed by atoms with van der Waals surface area (Å²) in [6.45, 7) is 23.8. The number of fused-ring (bicyclic) bond motifs is 3. The molecule has 0 spiro atoms. The number of nitrogens with zero attached hydrogens (tertiary/aromatic N) is 7. The predicted octanol–water partition coefficient (Wildman–Crippen LogP) is 15.4. The van der Waals surface area contributed by atoms with Gasteiger partial charge in [-0.15, -0.1) is 0 Å². The Labute approximate surface area is 359 Å². The maximum absolute atomic E-state index is 8.26. The van der Waals surface area contributed by atoms with E-state index >= 15 is 0 Å². The van der Waals surface area contributed by atoms with Crippen LogP contribution in [0.15, 0.2) is 200 Å². The van der Waals surface area contributed by atoms with Gasteiger partial charge in [-0.3, -0.25) is 0 Å². The molecule has 0 unspecified atom stereocenters. The second-order valence-electron chi connectivity index (χ2n) is 14.7. The van der Waals surface area contributed by atoms with E-state index in [-0.39, 0.29) is 0 Å². The quantitative estimate of drug-likeness (QED) is 0.144. The highest BCUT2D eigenvalue weighted by molar-refractivity contribution is 6.10. The van der Waals surface area contributed by atoms with E-state index in [0.29, 0.717) is 45.4 Å². The summed E-state index contributed by atoms with van der Waals surface area (Å²) in [5, 5.41) is 2.31. The number of hydrogen-bond acceptors (Lipinski definition) is 3. The van der Waals surface area contributed by atoms with E-state index < -0.39 is 0 Å². The molecule has 0 aliphatic rings. The first-order valence-corrected chi connectivity index (χ1v) is 20.0. The van der Waals surface area contributed by atoms with Crippen LogP contribution in [0.4, 0.5) is 34.1 Å². The molecule has 0 aliphatic heterocycles. The van der Waals surface area contributed by atoms with Gasteiger partial charge in [0.1, 0.15) is 5.82 Å². The van der Waals surface area contributed by atoms with Crippen molar-refractivity contribution in [3.8, 4) is 50.7 Å². The summed E-state index contributed by atoms with van der Waals surface area (Å²) < 4.78 is 2.30. The minimum absolute atomic E-state index is 0.374. The summed E-state index contributed by atoms with van der Waals surface area (Å²) >= 11 is 0. The molecule has 0 bridgehead atoms. The summed E-state index contributed by atoms with van der Waals surface area (Å²) in [7, 11) is 0. The van der Waals surface area contributed by atoms with Gasteiger partial charge in [-0.2, -0.15) is 0 Å². The van der Waals surface area contributed by atoms with E-state index in [9.17, 15) is 0 Å². The van der Waals surface area contributed by atoms with Gasteiger partial charge in [-0.1, -0.05) is 127 Å². The molecule has 0 N–H and O–H groups in total. The third-order valence-corrected chi connectivity index (χ3v) is 11.1. The Morgan fingerprint density at radius 3 is 1.65 bits per heavy atom. The van der Waals surface area contributed by atoms with E-state index in [1.54, 1.807) is 12.1 Å². The average Bonchev–Trinajstić information content (AvgIpc) is 3.68. The Balaban J connectivity index is 1.04.